The first-order valence-electron chi connectivity index (χ1n) is 9.61. The molecule has 1 aliphatic heterocycles. The lowest BCUT2D eigenvalue weighted by molar-refractivity contribution is -0.139. The van der Waals surface area contributed by atoms with Crippen molar-refractivity contribution in [3.8, 4) is 0 Å². The molecule has 1 aromatic carbocycles. The number of anilines is 1. The third-order valence-corrected chi connectivity index (χ3v) is 5.02. The fourth-order valence-electron chi connectivity index (χ4n) is 3.32. The van der Waals surface area contributed by atoms with Crippen LogP contribution in [0.2, 0.25) is 0 Å². The van der Waals surface area contributed by atoms with Crippen molar-refractivity contribution in [3.63, 3.8) is 0 Å². The van der Waals surface area contributed by atoms with E-state index in [1.165, 1.54) is 11.8 Å². The summed E-state index contributed by atoms with van der Waals surface area (Å²) in [6, 6.07) is -0.326. The van der Waals surface area contributed by atoms with Gasteiger partial charge in [-0.15, -0.1) is 0 Å². The van der Waals surface area contributed by atoms with Crippen LogP contribution in [0.4, 0.5) is 32.4 Å². The Morgan fingerprint density at radius 2 is 1.74 bits per heavy atom. The van der Waals surface area contributed by atoms with E-state index in [-0.39, 0.29) is 32.0 Å². The highest BCUT2D eigenvalue weighted by molar-refractivity contribution is 5.89. The molecule has 1 unspecified atom stereocenters. The molecule has 0 radical (unpaired) electrons. The van der Waals surface area contributed by atoms with Crippen molar-refractivity contribution >= 4 is 17.7 Å². The smallest absolute Gasteiger partial charge is 0.421 e. The average Bonchev–Trinajstić information content (AvgIpc) is 2.59. The number of carbonyl (C=O) groups excluding carboxylic acids is 1. The number of alkyl halides is 4. The summed E-state index contributed by atoms with van der Waals surface area (Å²) in [7, 11) is 0. The molecule has 0 aliphatic carbocycles. The number of nitrogens with one attached hydrogen (secondary N) is 1. The first-order chi connectivity index (χ1) is 14.0. The zero-order valence-electron chi connectivity index (χ0n) is 17.6. The Balaban J connectivity index is 2.21. The molecule has 1 fully saturated rings. The normalized spacial score (nSPS) is 17.8. The van der Waals surface area contributed by atoms with E-state index in [1.54, 1.807) is 20.8 Å². The van der Waals surface area contributed by atoms with Crippen LogP contribution >= 0.6 is 0 Å². The first-order valence-corrected chi connectivity index (χ1v) is 9.61. The van der Waals surface area contributed by atoms with Gasteiger partial charge in [-0.25, -0.2) is 18.4 Å². The van der Waals surface area contributed by atoms with Crippen LogP contribution in [-0.4, -0.2) is 52.5 Å². The van der Waals surface area contributed by atoms with Crippen LogP contribution in [0.3, 0.4) is 0 Å². The molecule has 31 heavy (non-hydrogen) atoms. The number of rotatable bonds is 4. The molecule has 2 rings (SSSR count). The summed E-state index contributed by atoms with van der Waals surface area (Å²) < 4.78 is 74.7. The molecule has 6 nitrogen and oxygen atoms in total. The molecule has 2 N–H and O–H groups in total. The summed E-state index contributed by atoms with van der Waals surface area (Å²) in [6.07, 6.45) is -6.12. The Morgan fingerprint density at radius 1 is 1.19 bits per heavy atom. The molecule has 1 heterocycles. The molecule has 0 saturated carbocycles. The van der Waals surface area contributed by atoms with Crippen molar-refractivity contribution < 1.29 is 41.4 Å². The number of benzene rings is 1. The standard InChI is InChI=1S/C20H25F5N2O4/c1-11(19(22)5-7-27(8-6-19)17(30)31-18(2,3)4)26-14-10-12(16(28)29)9-13(21)15(14)20(23,24)25/h9-11,26H,5-8H2,1-4H3,(H,28,29). The molecule has 1 aliphatic rings. The van der Waals surface area contributed by atoms with Gasteiger partial charge in [-0.1, -0.05) is 0 Å². The van der Waals surface area contributed by atoms with E-state index in [1.807, 2.05) is 0 Å². The largest absolute Gasteiger partial charge is 0.478 e. The zero-order valence-corrected chi connectivity index (χ0v) is 17.6. The maximum absolute atomic E-state index is 15.5. The van der Waals surface area contributed by atoms with Crippen LogP contribution in [-0.2, 0) is 10.9 Å². The van der Waals surface area contributed by atoms with Gasteiger partial charge in [0.05, 0.1) is 17.3 Å². The third-order valence-electron chi connectivity index (χ3n) is 5.02. The van der Waals surface area contributed by atoms with Gasteiger partial charge < -0.3 is 20.1 Å². The minimum absolute atomic E-state index is 0.0207. The summed E-state index contributed by atoms with van der Waals surface area (Å²) in [4.78, 5) is 24.5. The number of hydrogen-bond donors (Lipinski definition) is 2. The molecule has 11 heteroatoms. The summed E-state index contributed by atoms with van der Waals surface area (Å²) in [6.45, 7) is 6.30. The number of carboxylic acid groups (broad SMARTS) is 1. The van der Waals surface area contributed by atoms with Gasteiger partial charge in [0.15, 0.2) is 0 Å². The monoisotopic (exact) mass is 452 g/mol. The summed E-state index contributed by atoms with van der Waals surface area (Å²) in [5.74, 6) is -3.39. The second-order valence-corrected chi connectivity index (χ2v) is 8.55. The van der Waals surface area contributed by atoms with Crippen LogP contribution in [0.5, 0.6) is 0 Å². The highest BCUT2D eigenvalue weighted by atomic mass is 19.4. The lowest BCUT2D eigenvalue weighted by atomic mass is 9.86. The quantitative estimate of drug-likeness (QED) is 0.623. The predicted octanol–water partition coefficient (Wildman–Crippen LogP) is 5.08. The molecule has 0 spiro atoms. The third kappa shape index (κ3) is 5.98. The second-order valence-electron chi connectivity index (χ2n) is 8.55. The number of likely N-dealkylation sites (tertiary alicyclic amines) is 1. The maximum Gasteiger partial charge on any atom is 0.421 e. The van der Waals surface area contributed by atoms with E-state index in [2.05, 4.69) is 5.32 Å². The zero-order chi connectivity index (χ0) is 23.8. The van der Waals surface area contributed by atoms with Crippen LogP contribution in [0.25, 0.3) is 0 Å². The fourth-order valence-corrected chi connectivity index (χ4v) is 3.32. The fraction of sp³-hybridized carbons (Fsp3) is 0.600. The number of carboxylic acids is 1. The molecule has 0 aromatic heterocycles. The summed E-state index contributed by atoms with van der Waals surface area (Å²) >= 11 is 0. The van der Waals surface area contributed by atoms with Gasteiger partial charge in [0.25, 0.3) is 0 Å². The van der Waals surface area contributed by atoms with Crippen LogP contribution in [0.15, 0.2) is 12.1 Å². The minimum atomic E-state index is -5.12. The van der Waals surface area contributed by atoms with E-state index in [0.717, 1.165) is 0 Å². The lowest BCUT2D eigenvalue weighted by Crippen LogP contribution is -2.52. The van der Waals surface area contributed by atoms with Gasteiger partial charge in [0, 0.05) is 25.9 Å². The number of piperidine rings is 1. The molecule has 1 saturated heterocycles. The van der Waals surface area contributed by atoms with E-state index in [9.17, 15) is 27.2 Å². The van der Waals surface area contributed by atoms with Gasteiger partial charge in [-0.3, -0.25) is 0 Å². The Morgan fingerprint density at radius 3 is 2.19 bits per heavy atom. The molecule has 174 valence electrons. The molecular weight excluding hydrogens is 427 g/mol. The van der Waals surface area contributed by atoms with Gasteiger partial charge in [0.2, 0.25) is 0 Å². The Labute approximate surface area is 176 Å². The van der Waals surface area contributed by atoms with E-state index >= 15 is 4.39 Å². The van der Waals surface area contributed by atoms with Gasteiger partial charge in [0.1, 0.15) is 22.7 Å². The molecule has 1 aromatic rings. The molecule has 1 amide bonds. The van der Waals surface area contributed by atoms with Gasteiger partial charge in [-0.05, 0) is 39.8 Å². The highest BCUT2D eigenvalue weighted by Gasteiger charge is 2.44. The SMILES string of the molecule is CC(Nc1cc(C(=O)O)cc(F)c1C(F)(F)F)C1(F)CCN(C(=O)OC(C)(C)C)CC1. The number of hydrogen-bond acceptors (Lipinski definition) is 4. The minimum Gasteiger partial charge on any atom is -0.478 e. The lowest BCUT2D eigenvalue weighted by Gasteiger charge is -2.40. The predicted molar refractivity (Wildman–Crippen MR) is 102 cm³/mol. The van der Waals surface area contributed by atoms with E-state index < -0.39 is 58.2 Å². The summed E-state index contributed by atoms with van der Waals surface area (Å²) in [5.41, 5.74) is -6.00. The van der Waals surface area contributed by atoms with Gasteiger partial charge >= 0.3 is 18.2 Å². The Kier molecular flexibility index (Phi) is 6.77. The number of carbonyl (C=O) groups is 2. The Bertz CT molecular complexity index is 843. The van der Waals surface area contributed by atoms with Crippen molar-refractivity contribution in [2.45, 2.75) is 64.0 Å². The number of nitrogens with zero attached hydrogens (tertiary/aromatic N) is 1. The summed E-state index contributed by atoms with van der Waals surface area (Å²) in [5, 5.41) is 11.3. The number of ether oxygens (including phenoxy) is 1. The molecule has 1 atom stereocenters. The average molecular weight is 452 g/mol. The number of aromatic carboxylic acids is 1. The van der Waals surface area contributed by atoms with Crippen LogP contribution in [0, 0.1) is 5.82 Å². The van der Waals surface area contributed by atoms with Crippen LogP contribution < -0.4 is 5.32 Å². The number of amides is 1. The second kappa shape index (κ2) is 8.51. The Hall–Kier alpha value is -2.59. The van der Waals surface area contributed by atoms with Crippen molar-refractivity contribution in [2.75, 3.05) is 18.4 Å². The van der Waals surface area contributed by atoms with Crippen molar-refractivity contribution in [1.82, 2.24) is 4.90 Å². The van der Waals surface area contributed by atoms with Crippen molar-refractivity contribution in [1.29, 1.82) is 0 Å². The topological polar surface area (TPSA) is 78.9 Å². The van der Waals surface area contributed by atoms with Crippen molar-refractivity contribution in [3.05, 3.63) is 29.1 Å². The first kappa shape index (κ1) is 24.7. The van der Waals surface area contributed by atoms with Gasteiger partial charge in [-0.2, -0.15) is 13.2 Å². The van der Waals surface area contributed by atoms with E-state index in [0.29, 0.717) is 6.07 Å². The van der Waals surface area contributed by atoms with E-state index in [4.69, 9.17) is 9.84 Å². The molecular formula is C20H25F5N2O4. The van der Waals surface area contributed by atoms with Crippen molar-refractivity contribution in [2.24, 2.45) is 0 Å². The van der Waals surface area contributed by atoms with Crippen LogP contribution in [0.1, 0.15) is 56.5 Å². The number of halogens is 5. The maximum atomic E-state index is 15.5. The molecule has 0 bridgehead atoms. The highest BCUT2D eigenvalue weighted by Crippen LogP contribution is 2.40.